The Kier molecular flexibility index (Phi) is 5.95. The van der Waals surface area contributed by atoms with Crippen molar-refractivity contribution in [3.63, 3.8) is 0 Å². The molecule has 0 unspecified atom stereocenters. The van der Waals surface area contributed by atoms with Crippen LogP contribution in [0.15, 0.2) is 36.4 Å². The largest absolute Gasteiger partial charge is 0.466 e. The Balaban J connectivity index is 2.17. The van der Waals surface area contributed by atoms with Crippen molar-refractivity contribution >= 4 is 18.0 Å². The summed E-state index contributed by atoms with van der Waals surface area (Å²) in [5.41, 5.74) is 3.86. The van der Waals surface area contributed by atoms with E-state index in [0.717, 1.165) is 23.1 Å². The van der Waals surface area contributed by atoms with Crippen LogP contribution in [0, 0.1) is 6.92 Å². The molecule has 0 saturated carbocycles. The zero-order chi connectivity index (χ0) is 17.5. The van der Waals surface area contributed by atoms with E-state index in [0.29, 0.717) is 11.4 Å². The molecule has 1 aromatic heterocycles. The van der Waals surface area contributed by atoms with Crippen molar-refractivity contribution in [3.05, 3.63) is 64.5 Å². The first-order valence-electron chi connectivity index (χ1n) is 7.75. The predicted octanol–water partition coefficient (Wildman–Crippen LogP) is 3.43. The van der Waals surface area contributed by atoms with Crippen LogP contribution in [0.5, 0.6) is 0 Å². The summed E-state index contributed by atoms with van der Waals surface area (Å²) >= 11 is 0. The summed E-state index contributed by atoms with van der Waals surface area (Å²) in [4.78, 5) is 26.6. The van der Waals surface area contributed by atoms with Crippen LogP contribution in [0.2, 0.25) is 0 Å². The average molecular weight is 327 g/mol. The molecular weight excluding hydrogens is 306 g/mol. The number of hydrogen-bond acceptors (Lipinski definition) is 4. The minimum Gasteiger partial charge on any atom is -0.466 e. The van der Waals surface area contributed by atoms with Gasteiger partial charge in [0.25, 0.3) is 0 Å². The minimum absolute atomic E-state index is 0.215. The van der Waals surface area contributed by atoms with Crippen molar-refractivity contribution < 1.29 is 19.1 Å². The molecule has 2 aromatic rings. The molecule has 0 saturated heterocycles. The van der Waals surface area contributed by atoms with Gasteiger partial charge in [-0.15, -0.1) is 0 Å². The zero-order valence-electron chi connectivity index (χ0n) is 14.1. The molecule has 24 heavy (non-hydrogen) atoms. The van der Waals surface area contributed by atoms with Crippen LogP contribution in [-0.2, 0) is 27.3 Å². The summed E-state index contributed by atoms with van der Waals surface area (Å²) in [6.45, 7) is 4.07. The van der Waals surface area contributed by atoms with Gasteiger partial charge in [-0.05, 0) is 36.1 Å². The zero-order valence-corrected chi connectivity index (χ0v) is 14.1. The number of rotatable bonds is 6. The van der Waals surface area contributed by atoms with Gasteiger partial charge >= 0.3 is 11.9 Å². The molecule has 0 amide bonds. The first kappa shape index (κ1) is 17.5. The summed E-state index contributed by atoms with van der Waals surface area (Å²) in [7, 11) is 1.32. The van der Waals surface area contributed by atoms with Crippen LogP contribution in [0.3, 0.4) is 0 Å². The lowest BCUT2D eigenvalue weighted by atomic mass is 10.1. The SMILES string of the molecule is CCc1c(/C=C/C(=O)OC)[nH]c(C(=O)OCc2ccccc2)c1C. The highest BCUT2D eigenvalue weighted by Crippen LogP contribution is 2.21. The Hall–Kier alpha value is -2.82. The van der Waals surface area contributed by atoms with Gasteiger partial charge in [-0.2, -0.15) is 0 Å². The predicted molar refractivity (Wildman–Crippen MR) is 91.5 cm³/mol. The van der Waals surface area contributed by atoms with Gasteiger partial charge in [-0.3, -0.25) is 0 Å². The average Bonchev–Trinajstić information content (AvgIpc) is 2.94. The lowest BCUT2D eigenvalue weighted by Gasteiger charge is -2.04. The van der Waals surface area contributed by atoms with E-state index in [-0.39, 0.29) is 6.61 Å². The highest BCUT2D eigenvalue weighted by Gasteiger charge is 2.18. The Morgan fingerprint density at radius 3 is 2.54 bits per heavy atom. The third kappa shape index (κ3) is 4.13. The van der Waals surface area contributed by atoms with Crippen molar-refractivity contribution in [2.45, 2.75) is 26.9 Å². The topological polar surface area (TPSA) is 68.4 Å². The van der Waals surface area contributed by atoms with Gasteiger partial charge in [0.15, 0.2) is 0 Å². The van der Waals surface area contributed by atoms with Crippen LogP contribution in [0.25, 0.3) is 6.08 Å². The molecule has 0 atom stereocenters. The van der Waals surface area contributed by atoms with Crippen molar-refractivity contribution in [2.24, 2.45) is 0 Å². The van der Waals surface area contributed by atoms with Gasteiger partial charge in [-0.25, -0.2) is 9.59 Å². The summed E-state index contributed by atoms with van der Waals surface area (Å²) in [6.07, 6.45) is 3.67. The van der Waals surface area contributed by atoms with E-state index in [9.17, 15) is 9.59 Å². The number of aromatic amines is 1. The number of carbonyl (C=O) groups is 2. The van der Waals surface area contributed by atoms with E-state index >= 15 is 0 Å². The third-order valence-electron chi connectivity index (χ3n) is 3.77. The van der Waals surface area contributed by atoms with E-state index in [1.807, 2.05) is 44.2 Å². The number of ether oxygens (including phenoxy) is 2. The molecule has 0 radical (unpaired) electrons. The van der Waals surface area contributed by atoms with Crippen LogP contribution in [0.4, 0.5) is 0 Å². The smallest absolute Gasteiger partial charge is 0.355 e. The van der Waals surface area contributed by atoms with E-state index in [2.05, 4.69) is 9.72 Å². The molecular formula is C19H21NO4. The van der Waals surface area contributed by atoms with Crippen molar-refractivity contribution in [3.8, 4) is 0 Å². The number of hydrogen-bond donors (Lipinski definition) is 1. The minimum atomic E-state index is -0.447. The van der Waals surface area contributed by atoms with Gasteiger partial charge in [0.05, 0.1) is 7.11 Å². The Morgan fingerprint density at radius 2 is 1.92 bits per heavy atom. The Bertz CT molecular complexity index is 744. The van der Waals surface area contributed by atoms with Crippen molar-refractivity contribution in [1.29, 1.82) is 0 Å². The van der Waals surface area contributed by atoms with Crippen LogP contribution in [-0.4, -0.2) is 24.0 Å². The number of nitrogens with one attached hydrogen (secondary N) is 1. The van der Waals surface area contributed by atoms with Gasteiger partial charge in [0.2, 0.25) is 0 Å². The Labute approximate surface area is 141 Å². The summed E-state index contributed by atoms with van der Waals surface area (Å²) in [6, 6.07) is 9.50. The van der Waals surface area contributed by atoms with E-state index in [1.165, 1.54) is 13.2 Å². The van der Waals surface area contributed by atoms with E-state index in [4.69, 9.17) is 4.74 Å². The maximum Gasteiger partial charge on any atom is 0.355 e. The highest BCUT2D eigenvalue weighted by atomic mass is 16.5. The molecule has 1 heterocycles. The summed E-state index contributed by atoms with van der Waals surface area (Å²) < 4.78 is 9.95. The standard InChI is InChI=1S/C19H21NO4/c1-4-15-13(2)18(20-16(15)10-11-17(21)23-3)19(22)24-12-14-8-6-5-7-9-14/h5-11,20H,4,12H2,1-3H3/b11-10+. The molecule has 0 aliphatic rings. The molecule has 0 bridgehead atoms. The first-order valence-corrected chi connectivity index (χ1v) is 7.75. The fourth-order valence-corrected chi connectivity index (χ4v) is 2.47. The van der Waals surface area contributed by atoms with Gasteiger partial charge in [0.1, 0.15) is 12.3 Å². The number of carbonyl (C=O) groups excluding carboxylic acids is 2. The first-order chi connectivity index (χ1) is 11.6. The lowest BCUT2D eigenvalue weighted by molar-refractivity contribution is -0.134. The van der Waals surface area contributed by atoms with Gasteiger partial charge < -0.3 is 14.5 Å². The Morgan fingerprint density at radius 1 is 1.21 bits per heavy atom. The number of H-pyrrole nitrogens is 1. The monoisotopic (exact) mass is 327 g/mol. The fourth-order valence-electron chi connectivity index (χ4n) is 2.47. The molecule has 0 aliphatic heterocycles. The third-order valence-corrected chi connectivity index (χ3v) is 3.77. The van der Waals surface area contributed by atoms with Crippen molar-refractivity contribution in [1.82, 2.24) is 4.98 Å². The maximum absolute atomic E-state index is 12.3. The molecule has 0 spiro atoms. The summed E-state index contributed by atoms with van der Waals surface area (Å²) in [5.74, 6) is -0.860. The lowest BCUT2D eigenvalue weighted by Crippen LogP contribution is -2.07. The van der Waals surface area contributed by atoms with Gasteiger partial charge in [-0.1, -0.05) is 37.3 Å². The number of esters is 2. The van der Waals surface area contributed by atoms with Crippen molar-refractivity contribution in [2.75, 3.05) is 7.11 Å². The highest BCUT2D eigenvalue weighted by molar-refractivity contribution is 5.91. The normalized spacial score (nSPS) is 10.8. The number of benzene rings is 1. The van der Waals surface area contributed by atoms with Crippen LogP contribution in [0.1, 0.15) is 39.8 Å². The molecule has 2 rings (SSSR count). The molecule has 5 heteroatoms. The quantitative estimate of drug-likeness (QED) is 0.652. The molecule has 1 N–H and O–H groups in total. The molecule has 1 aromatic carbocycles. The second kappa shape index (κ2) is 8.15. The molecule has 0 fully saturated rings. The fraction of sp³-hybridized carbons (Fsp3) is 0.263. The van der Waals surface area contributed by atoms with E-state index < -0.39 is 11.9 Å². The molecule has 5 nitrogen and oxygen atoms in total. The van der Waals surface area contributed by atoms with Gasteiger partial charge in [0, 0.05) is 11.8 Å². The number of aromatic nitrogens is 1. The number of methoxy groups -OCH3 is 1. The maximum atomic E-state index is 12.3. The molecule has 0 aliphatic carbocycles. The molecule has 126 valence electrons. The second-order valence-electron chi connectivity index (χ2n) is 5.29. The van der Waals surface area contributed by atoms with E-state index in [1.54, 1.807) is 6.08 Å². The van der Waals surface area contributed by atoms with Crippen LogP contribution >= 0.6 is 0 Å². The summed E-state index contributed by atoms with van der Waals surface area (Å²) in [5, 5.41) is 0. The second-order valence-corrected chi connectivity index (χ2v) is 5.29. The van der Waals surface area contributed by atoms with Crippen LogP contribution < -0.4 is 0 Å².